The van der Waals surface area contributed by atoms with Crippen LogP contribution in [0.3, 0.4) is 0 Å². The SMILES string of the molecule is COCCNCc1c(Cl)cccc1Sc1n[nH]c(C)n1. The summed E-state index contributed by atoms with van der Waals surface area (Å²) in [6.07, 6.45) is 0. The van der Waals surface area contributed by atoms with Gasteiger partial charge in [0.2, 0.25) is 5.16 Å². The van der Waals surface area contributed by atoms with Crippen LogP contribution in [0.2, 0.25) is 5.02 Å². The van der Waals surface area contributed by atoms with Gasteiger partial charge in [-0.15, -0.1) is 5.10 Å². The van der Waals surface area contributed by atoms with Gasteiger partial charge in [0, 0.05) is 30.1 Å². The number of nitrogens with one attached hydrogen (secondary N) is 2. The Labute approximate surface area is 127 Å². The van der Waals surface area contributed by atoms with E-state index in [-0.39, 0.29) is 0 Å². The average Bonchev–Trinajstić information content (AvgIpc) is 2.83. The third-order valence-corrected chi connectivity index (χ3v) is 3.96. The first-order valence-electron chi connectivity index (χ1n) is 6.24. The molecule has 7 heteroatoms. The Kier molecular flexibility index (Phi) is 5.85. The number of hydrogen-bond acceptors (Lipinski definition) is 5. The zero-order valence-corrected chi connectivity index (χ0v) is 13.0. The number of benzene rings is 1. The van der Waals surface area contributed by atoms with Crippen molar-refractivity contribution in [1.82, 2.24) is 20.5 Å². The molecule has 0 aliphatic heterocycles. The van der Waals surface area contributed by atoms with Crippen LogP contribution in [-0.2, 0) is 11.3 Å². The highest BCUT2D eigenvalue weighted by molar-refractivity contribution is 7.99. The molecular formula is C13H17ClN4OS. The molecule has 0 atom stereocenters. The van der Waals surface area contributed by atoms with Crippen LogP contribution >= 0.6 is 23.4 Å². The van der Waals surface area contributed by atoms with Crippen molar-refractivity contribution in [2.75, 3.05) is 20.3 Å². The summed E-state index contributed by atoms with van der Waals surface area (Å²) in [7, 11) is 1.68. The maximum absolute atomic E-state index is 6.28. The Balaban J connectivity index is 2.09. The number of rotatable bonds is 7. The summed E-state index contributed by atoms with van der Waals surface area (Å²) in [5.74, 6) is 0.800. The number of H-pyrrole nitrogens is 1. The van der Waals surface area contributed by atoms with Gasteiger partial charge in [0.25, 0.3) is 0 Å². The minimum Gasteiger partial charge on any atom is -0.383 e. The largest absolute Gasteiger partial charge is 0.383 e. The fourth-order valence-electron chi connectivity index (χ4n) is 1.66. The summed E-state index contributed by atoms with van der Waals surface area (Å²) in [4.78, 5) is 5.36. The van der Waals surface area contributed by atoms with Crippen LogP contribution in [0.1, 0.15) is 11.4 Å². The van der Waals surface area contributed by atoms with Crippen molar-refractivity contribution < 1.29 is 4.74 Å². The molecule has 1 aromatic carbocycles. The van der Waals surface area contributed by atoms with Crippen LogP contribution in [0.5, 0.6) is 0 Å². The number of aromatic nitrogens is 3. The molecule has 1 aromatic heterocycles. The van der Waals surface area contributed by atoms with Gasteiger partial charge in [-0.3, -0.25) is 5.10 Å². The molecule has 0 spiro atoms. The molecule has 0 saturated heterocycles. The highest BCUT2D eigenvalue weighted by atomic mass is 35.5. The average molecular weight is 313 g/mol. The Morgan fingerprint density at radius 2 is 2.30 bits per heavy atom. The molecule has 2 rings (SSSR count). The van der Waals surface area contributed by atoms with E-state index in [1.807, 2.05) is 25.1 Å². The summed E-state index contributed by atoms with van der Waals surface area (Å²) in [6, 6.07) is 5.85. The van der Waals surface area contributed by atoms with E-state index in [2.05, 4.69) is 20.5 Å². The van der Waals surface area contributed by atoms with Gasteiger partial charge >= 0.3 is 0 Å². The first kappa shape index (κ1) is 15.3. The van der Waals surface area contributed by atoms with Gasteiger partial charge in [-0.25, -0.2) is 4.98 Å². The van der Waals surface area contributed by atoms with E-state index >= 15 is 0 Å². The lowest BCUT2D eigenvalue weighted by atomic mass is 10.2. The number of halogens is 1. The molecule has 108 valence electrons. The van der Waals surface area contributed by atoms with E-state index < -0.39 is 0 Å². The number of hydrogen-bond donors (Lipinski definition) is 2. The molecule has 0 unspecified atom stereocenters. The second-order valence-electron chi connectivity index (χ2n) is 4.19. The smallest absolute Gasteiger partial charge is 0.213 e. The van der Waals surface area contributed by atoms with Crippen molar-refractivity contribution in [2.45, 2.75) is 23.5 Å². The van der Waals surface area contributed by atoms with E-state index in [0.717, 1.165) is 27.9 Å². The van der Waals surface area contributed by atoms with Gasteiger partial charge in [0.05, 0.1) is 6.61 Å². The van der Waals surface area contributed by atoms with Crippen LogP contribution in [0.15, 0.2) is 28.3 Å². The van der Waals surface area contributed by atoms with E-state index in [1.165, 1.54) is 11.8 Å². The molecule has 0 aliphatic rings. The number of aromatic amines is 1. The zero-order chi connectivity index (χ0) is 14.4. The number of methoxy groups -OCH3 is 1. The molecule has 0 amide bonds. The lowest BCUT2D eigenvalue weighted by Gasteiger charge is -2.10. The maximum Gasteiger partial charge on any atom is 0.213 e. The summed E-state index contributed by atoms with van der Waals surface area (Å²) in [5.41, 5.74) is 1.05. The minimum atomic E-state index is 0.674. The van der Waals surface area contributed by atoms with Crippen LogP contribution in [-0.4, -0.2) is 35.4 Å². The second-order valence-corrected chi connectivity index (χ2v) is 5.61. The third kappa shape index (κ3) is 4.21. The van der Waals surface area contributed by atoms with E-state index in [0.29, 0.717) is 18.3 Å². The van der Waals surface area contributed by atoms with Gasteiger partial charge in [0.1, 0.15) is 5.82 Å². The van der Waals surface area contributed by atoms with E-state index in [9.17, 15) is 0 Å². The van der Waals surface area contributed by atoms with Crippen molar-refractivity contribution in [3.05, 3.63) is 34.6 Å². The van der Waals surface area contributed by atoms with Gasteiger partial charge in [-0.05, 0) is 36.4 Å². The fraction of sp³-hybridized carbons (Fsp3) is 0.385. The number of aryl methyl sites for hydroxylation is 1. The molecule has 20 heavy (non-hydrogen) atoms. The quantitative estimate of drug-likeness (QED) is 0.770. The van der Waals surface area contributed by atoms with Crippen molar-refractivity contribution >= 4 is 23.4 Å². The standard InChI is InChI=1S/C13H17ClN4OS/c1-9-16-13(18-17-9)20-12-5-3-4-11(14)10(12)8-15-6-7-19-2/h3-5,15H,6-8H2,1-2H3,(H,16,17,18). The predicted molar refractivity (Wildman–Crippen MR) is 80.3 cm³/mol. The fourth-order valence-corrected chi connectivity index (χ4v) is 2.88. The summed E-state index contributed by atoms with van der Waals surface area (Å²) in [5, 5.41) is 11.7. The first-order chi connectivity index (χ1) is 9.70. The summed E-state index contributed by atoms with van der Waals surface area (Å²) >= 11 is 7.78. The van der Waals surface area contributed by atoms with Crippen molar-refractivity contribution in [3.63, 3.8) is 0 Å². The minimum absolute atomic E-state index is 0.674. The monoisotopic (exact) mass is 312 g/mol. The van der Waals surface area contributed by atoms with Crippen LogP contribution < -0.4 is 5.32 Å². The van der Waals surface area contributed by atoms with Crippen molar-refractivity contribution in [2.24, 2.45) is 0 Å². The van der Waals surface area contributed by atoms with E-state index in [1.54, 1.807) is 7.11 Å². The number of nitrogens with zero attached hydrogens (tertiary/aromatic N) is 2. The van der Waals surface area contributed by atoms with E-state index in [4.69, 9.17) is 16.3 Å². The Morgan fingerprint density at radius 1 is 1.45 bits per heavy atom. The summed E-state index contributed by atoms with van der Waals surface area (Å²) in [6.45, 7) is 4.02. The molecule has 0 radical (unpaired) electrons. The second kappa shape index (κ2) is 7.64. The molecule has 1 heterocycles. The number of ether oxygens (including phenoxy) is 1. The summed E-state index contributed by atoms with van der Waals surface area (Å²) < 4.78 is 5.01. The molecule has 2 aromatic rings. The molecule has 0 fully saturated rings. The predicted octanol–water partition coefficient (Wildman–Crippen LogP) is 2.65. The van der Waals surface area contributed by atoms with Gasteiger partial charge in [-0.2, -0.15) is 0 Å². The molecule has 5 nitrogen and oxygen atoms in total. The normalized spacial score (nSPS) is 10.9. The molecular weight excluding hydrogens is 296 g/mol. The maximum atomic E-state index is 6.28. The highest BCUT2D eigenvalue weighted by Crippen LogP contribution is 2.31. The van der Waals surface area contributed by atoms with Crippen LogP contribution in [0.25, 0.3) is 0 Å². The lowest BCUT2D eigenvalue weighted by Crippen LogP contribution is -2.19. The van der Waals surface area contributed by atoms with Crippen LogP contribution in [0.4, 0.5) is 0 Å². The molecule has 0 saturated carbocycles. The molecule has 0 aliphatic carbocycles. The van der Waals surface area contributed by atoms with Crippen molar-refractivity contribution in [1.29, 1.82) is 0 Å². The van der Waals surface area contributed by atoms with Crippen LogP contribution in [0, 0.1) is 6.92 Å². The Morgan fingerprint density at radius 3 is 3.00 bits per heavy atom. The first-order valence-corrected chi connectivity index (χ1v) is 7.44. The van der Waals surface area contributed by atoms with Gasteiger partial charge in [-0.1, -0.05) is 17.7 Å². The zero-order valence-electron chi connectivity index (χ0n) is 11.4. The molecule has 0 bridgehead atoms. The lowest BCUT2D eigenvalue weighted by molar-refractivity contribution is 0.199. The molecule has 2 N–H and O–H groups in total. The third-order valence-electron chi connectivity index (χ3n) is 2.64. The van der Waals surface area contributed by atoms with Crippen molar-refractivity contribution in [3.8, 4) is 0 Å². The Hall–Kier alpha value is -1.08. The van der Waals surface area contributed by atoms with Gasteiger partial charge < -0.3 is 10.1 Å². The topological polar surface area (TPSA) is 62.8 Å². The Bertz CT molecular complexity index is 561. The van der Waals surface area contributed by atoms with Gasteiger partial charge in [0.15, 0.2) is 0 Å². The highest BCUT2D eigenvalue weighted by Gasteiger charge is 2.10.